The molecule has 0 amide bonds. The van der Waals surface area contributed by atoms with E-state index < -0.39 is 10.9 Å². The molecule has 0 fully saturated rings. The van der Waals surface area contributed by atoms with Crippen molar-refractivity contribution in [1.82, 2.24) is 4.98 Å². The highest BCUT2D eigenvalue weighted by molar-refractivity contribution is 5.93. The molecule has 0 aliphatic heterocycles. The summed E-state index contributed by atoms with van der Waals surface area (Å²) in [5.41, 5.74) is 0.793. The summed E-state index contributed by atoms with van der Waals surface area (Å²) in [6.07, 6.45) is 2.38. The topological polar surface area (TPSA) is 117 Å². The lowest BCUT2D eigenvalue weighted by Crippen LogP contribution is -2.00. The van der Waals surface area contributed by atoms with Gasteiger partial charge in [0.2, 0.25) is 0 Å². The predicted molar refractivity (Wildman–Crippen MR) is 82.2 cm³/mol. The largest absolute Gasteiger partial charge is 0.478 e. The third kappa shape index (κ3) is 3.77. The zero-order chi connectivity index (χ0) is 16.8. The number of carboxylic acids is 1. The quantitative estimate of drug-likeness (QED) is 0.515. The monoisotopic (exact) mass is 309 g/mol. The number of carbonyl (C=O) groups is 1. The number of rotatable bonds is 5. The van der Waals surface area contributed by atoms with Crippen LogP contribution in [-0.2, 0) is 4.79 Å². The average molecular weight is 309 g/mol. The Morgan fingerprint density at radius 2 is 2.17 bits per heavy atom. The van der Waals surface area contributed by atoms with Crippen LogP contribution in [0.25, 0.3) is 17.3 Å². The molecule has 7 nitrogen and oxygen atoms in total. The van der Waals surface area contributed by atoms with Crippen LogP contribution in [0.2, 0.25) is 0 Å². The van der Waals surface area contributed by atoms with Crippen LogP contribution in [0, 0.1) is 21.4 Å². The third-order valence-corrected chi connectivity index (χ3v) is 3.06. The molecule has 7 heteroatoms. The molecule has 114 valence electrons. The van der Waals surface area contributed by atoms with Crippen LogP contribution in [0.1, 0.15) is 12.0 Å². The van der Waals surface area contributed by atoms with E-state index in [-0.39, 0.29) is 23.2 Å². The maximum atomic E-state index is 11.3. The van der Waals surface area contributed by atoms with Gasteiger partial charge >= 0.3 is 5.97 Å². The van der Waals surface area contributed by atoms with E-state index in [0.717, 1.165) is 6.08 Å². The molecule has 0 aliphatic rings. The molecule has 2 rings (SSSR count). The highest BCUT2D eigenvalue weighted by Crippen LogP contribution is 2.28. The molecule has 0 unspecified atom stereocenters. The number of nitro benzene ring substituents is 1. The summed E-state index contributed by atoms with van der Waals surface area (Å²) >= 11 is 0. The zero-order valence-corrected chi connectivity index (χ0v) is 11.8. The first-order chi connectivity index (χ1) is 11.0. The Morgan fingerprint density at radius 1 is 1.39 bits per heavy atom. The minimum Gasteiger partial charge on any atom is -0.478 e. The number of carboxylic acid groups (broad SMARTS) is 1. The summed E-state index contributed by atoms with van der Waals surface area (Å²) in [6.45, 7) is 0. The Hall–Kier alpha value is -3.53. The lowest BCUT2D eigenvalue weighted by molar-refractivity contribution is -0.385. The van der Waals surface area contributed by atoms with Crippen LogP contribution in [0.4, 0.5) is 5.69 Å². The molecule has 1 heterocycles. The van der Waals surface area contributed by atoms with Gasteiger partial charge in [0.05, 0.1) is 34.2 Å². The minimum atomic E-state index is -1.28. The van der Waals surface area contributed by atoms with Crippen molar-refractivity contribution < 1.29 is 14.8 Å². The van der Waals surface area contributed by atoms with Gasteiger partial charge < -0.3 is 5.11 Å². The van der Waals surface area contributed by atoms with Crippen molar-refractivity contribution in [3.63, 3.8) is 0 Å². The van der Waals surface area contributed by atoms with Crippen LogP contribution >= 0.6 is 0 Å². The Kier molecular flexibility index (Phi) is 4.79. The Labute approximate surface area is 131 Å². The van der Waals surface area contributed by atoms with E-state index in [1.54, 1.807) is 36.5 Å². The van der Waals surface area contributed by atoms with E-state index in [4.69, 9.17) is 10.4 Å². The van der Waals surface area contributed by atoms with Crippen molar-refractivity contribution >= 4 is 17.7 Å². The fourth-order valence-electron chi connectivity index (χ4n) is 1.98. The number of hydrogen-bond acceptors (Lipinski definition) is 5. The highest BCUT2D eigenvalue weighted by atomic mass is 16.6. The van der Waals surface area contributed by atoms with Gasteiger partial charge in [-0.2, -0.15) is 5.26 Å². The van der Waals surface area contributed by atoms with Crippen LogP contribution in [0.5, 0.6) is 0 Å². The van der Waals surface area contributed by atoms with Crippen LogP contribution in [0.3, 0.4) is 0 Å². The van der Waals surface area contributed by atoms with Gasteiger partial charge in [-0.25, -0.2) is 4.79 Å². The van der Waals surface area contributed by atoms with E-state index in [1.807, 2.05) is 0 Å². The van der Waals surface area contributed by atoms with Crippen molar-refractivity contribution in [2.45, 2.75) is 6.42 Å². The maximum absolute atomic E-state index is 11.3. The lowest BCUT2D eigenvalue weighted by Gasteiger charge is -2.04. The highest BCUT2D eigenvalue weighted by Gasteiger charge is 2.16. The van der Waals surface area contributed by atoms with Gasteiger partial charge in [0.25, 0.3) is 5.69 Å². The molecule has 2 aromatic rings. The summed E-state index contributed by atoms with van der Waals surface area (Å²) in [6, 6.07) is 11.3. The number of aliphatic carboxylic acids is 1. The number of hydrogen-bond donors (Lipinski definition) is 1. The van der Waals surface area contributed by atoms with E-state index in [2.05, 4.69) is 4.98 Å². The molecule has 0 bridgehead atoms. The van der Waals surface area contributed by atoms with Gasteiger partial charge in [-0.05, 0) is 24.3 Å². The number of nitriles is 1. The summed E-state index contributed by atoms with van der Waals surface area (Å²) in [7, 11) is 0. The van der Waals surface area contributed by atoms with Gasteiger partial charge in [-0.1, -0.05) is 12.1 Å². The Bertz CT molecular complexity index is 823. The second kappa shape index (κ2) is 6.95. The van der Waals surface area contributed by atoms with Crippen molar-refractivity contribution in [1.29, 1.82) is 5.26 Å². The first kappa shape index (κ1) is 15.9. The molecular formula is C16H11N3O4. The van der Waals surface area contributed by atoms with Gasteiger partial charge in [-0.3, -0.25) is 15.1 Å². The minimum absolute atomic E-state index is 0.127. The number of aromatic nitrogens is 1. The fraction of sp³-hybridized carbons (Fsp3) is 0.0625. The smallest absolute Gasteiger partial charge is 0.332 e. The molecule has 0 spiro atoms. The summed E-state index contributed by atoms with van der Waals surface area (Å²) < 4.78 is 0. The van der Waals surface area contributed by atoms with Gasteiger partial charge in [0.1, 0.15) is 0 Å². The molecule has 0 saturated carbocycles. The SMILES string of the molecule is N#CC/C(=C\c1ccc(-c2ccccn2)cc1[N+](=O)[O-])C(=O)O. The van der Waals surface area contributed by atoms with Crippen molar-refractivity contribution in [3.05, 3.63) is 63.8 Å². The average Bonchev–Trinajstić information content (AvgIpc) is 2.55. The van der Waals surface area contributed by atoms with Crippen LogP contribution < -0.4 is 0 Å². The molecule has 0 saturated heterocycles. The van der Waals surface area contributed by atoms with Crippen molar-refractivity contribution in [2.75, 3.05) is 0 Å². The first-order valence-electron chi connectivity index (χ1n) is 6.53. The second-order valence-electron chi connectivity index (χ2n) is 4.56. The molecule has 1 N–H and O–H groups in total. The molecular weight excluding hydrogens is 298 g/mol. The van der Waals surface area contributed by atoms with Crippen LogP contribution in [0.15, 0.2) is 48.2 Å². The lowest BCUT2D eigenvalue weighted by atomic mass is 10.0. The number of pyridine rings is 1. The van der Waals surface area contributed by atoms with E-state index >= 15 is 0 Å². The molecule has 0 radical (unpaired) electrons. The Morgan fingerprint density at radius 3 is 2.74 bits per heavy atom. The van der Waals surface area contributed by atoms with Gasteiger partial charge in [-0.15, -0.1) is 0 Å². The fourth-order valence-corrected chi connectivity index (χ4v) is 1.98. The first-order valence-corrected chi connectivity index (χ1v) is 6.53. The molecule has 1 aromatic heterocycles. The number of nitro groups is 1. The standard InChI is InChI=1S/C16H11N3O4/c17-7-6-13(16(20)21)9-12-5-4-11(10-15(12)19(22)23)14-3-1-2-8-18-14/h1-5,8-10H,6H2,(H,20,21)/b13-9+. The van der Waals surface area contributed by atoms with Crippen molar-refractivity contribution in [3.8, 4) is 17.3 Å². The van der Waals surface area contributed by atoms with Crippen LogP contribution in [-0.4, -0.2) is 21.0 Å². The maximum Gasteiger partial charge on any atom is 0.332 e. The van der Waals surface area contributed by atoms with Crippen molar-refractivity contribution in [2.24, 2.45) is 0 Å². The molecule has 23 heavy (non-hydrogen) atoms. The molecule has 0 atom stereocenters. The van der Waals surface area contributed by atoms with Gasteiger partial charge in [0.15, 0.2) is 0 Å². The predicted octanol–water partition coefficient (Wildman–Crippen LogP) is 3.04. The van der Waals surface area contributed by atoms with E-state index in [9.17, 15) is 14.9 Å². The third-order valence-electron chi connectivity index (χ3n) is 3.06. The Balaban J connectivity index is 2.54. The molecule has 1 aromatic carbocycles. The normalized spacial score (nSPS) is 10.8. The summed E-state index contributed by atoms with van der Waals surface area (Å²) in [5, 5.41) is 28.9. The zero-order valence-electron chi connectivity index (χ0n) is 11.8. The van der Waals surface area contributed by atoms with E-state index in [1.165, 1.54) is 12.1 Å². The second-order valence-corrected chi connectivity index (χ2v) is 4.56. The molecule has 0 aliphatic carbocycles. The summed E-state index contributed by atoms with van der Waals surface area (Å²) in [4.78, 5) is 25.9. The number of benzene rings is 1. The number of nitrogens with zero attached hydrogens (tertiary/aromatic N) is 3. The summed E-state index contributed by atoms with van der Waals surface area (Å²) in [5.74, 6) is -1.28. The van der Waals surface area contributed by atoms with E-state index in [0.29, 0.717) is 11.3 Å². The van der Waals surface area contributed by atoms with Gasteiger partial charge in [0, 0.05) is 17.8 Å².